The van der Waals surface area contributed by atoms with Gasteiger partial charge in [-0.1, -0.05) is 24.3 Å². The second-order valence-electron chi connectivity index (χ2n) is 4.32. The zero-order valence-electron chi connectivity index (χ0n) is 10.4. The van der Waals surface area contributed by atoms with Crippen LogP contribution in [0.3, 0.4) is 0 Å². The molecule has 0 bridgehead atoms. The van der Waals surface area contributed by atoms with Gasteiger partial charge in [0.2, 0.25) is 0 Å². The van der Waals surface area contributed by atoms with Crippen LogP contribution >= 0.6 is 0 Å². The van der Waals surface area contributed by atoms with Gasteiger partial charge in [-0.3, -0.25) is 9.59 Å². The number of carboxylic acids is 1. The molecule has 1 N–H and O–H groups in total. The Labute approximate surface area is 111 Å². The molecule has 19 heavy (non-hydrogen) atoms. The monoisotopic (exact) mass is 261 g/mol. The molecular formula is C14H15NO4. The lowest BCUT2D eigenvalue weighted by Gasteiger charge is -2.22. The van der Waals surface area contributed by atoms with E-state index in [0.717, 1.165) is 5.56 Å². The van der Waals surface area contributed by atoms with Crippen molar-refractivity contribution in [3.63, 3.8) is 0 Å². The number of rotatable bonds is 5. The summed E-state index contributed by atoms with van der Waals surface area (Å²) in [5.41, 5.74) is 0.967. The number of aliphatic carboxylic acids is 1. The molecule has 1 unspecified atom stereocenters. The Morgan fingerprint density at radius 3 is 2.84 bits per heavy atom. The second-order valence-corrected chi connectivity index (χ2v) is 4.32. The lowest BCUT2D eigenvalue weighted by atomic mass is 10.1. The van der Waals surface area contributed by atoms with E-state index in [1.807, 2.05) is 18.2 Å². The number of para-hydroxylation sites is 1. The summed E-state index contributed by atoms with van der Waals surface area (Å²) in [6.07, 6.45) is 1.34. The maximum Gasteiger partial charge on any atom is 0.323 e. The number of amides is 1. The van der Waals surface area contributed by atoms with Crippen LogP contribution in [0.1, 0.15) is 5.56 Å². The van der Waals surface area contributed by atoms with Crippen molar-refractivity contribution < 1.29 is 19.4 Å². The van der Waals surface area contributed by atoms with Gasteiger partial charge in [0, 0.05) is 13.0 Å². The van der Waals surface area contributed by atoms with Gasteiger partial charge in [-0.2, -0.15) is 0 Å². The van der Waals surface area contributed by atoms with E-state index in [2.05, 4.69) is 6.58 Å². The fraction of sp³-hybridized carbons (Fsp3) is 0.286. The molecular weight excluding hydrogens is 246 g/mol. The Kier molecular flexibility index (Phi) is 3.85. The molecule has 1 aromatic rings. The van der Waals surface area contributed by atoms with Crippen LogP contribution in [0.4, 0.5) is 0 Å². The van der Waals surface area contributed by atoms with Gasteiger partial charge in [0.05, 0.1) is 0 Å². The smallest absolute Gasteiger partial charge is 0.323 e. The van der Waals surface area contributed by atoms with E-state index < -0.39 is 12.1 Å². The van der Waals surface area contributed by atoms with E-state index >= 15 is 0 Å². The van der Waals surface area contributed by atoms with Gasteiger partial charge < -0.3 is 14.7 Å². The van der Waals surface area contributed by atoms with Crippen LogP contribution in [0, 0.1) is 0 Å². The Balaban J connectivity index is 2.08. The van der Waals surface area contributed by atoms with Gasteiger partial charge in [-0.25, -0.2) is 0 Å². The van der Waals surface area contributed by atoms with Gasteiger partial charge in [0.15, 0.2) is 6.10 Å². The molecule has 0 spiro atoms. The summed E-state index contributed by atoms with van der Waals surface area (Å²) < 4.78 is 5.56. The van der Waals surface area contributed by atoms with Crippen molar-refractivity contribution in [2.45, 2.75) is 12.5 Å². The van der Waals surface area contributed by atoms with Crippen LogP contribution < -0.4 is 4.74 Å². The van der Waals surface area contributed by atoms with Crippen molar-refractivity contribution in [1.82, 2.24) is 4.90 Å². The van der Waals surface area contributed by atoms with Crippen LogP contribution in [0.15, 0.2) is 36.9 Å². The van der Waals surface area contributed by atoms with Crippen molar-refractivity contribution in [3.05, 3.63) is 42.5 Å². The number of hydrogen-bond donors (Lipinski definition) is 1. The molecule has 2 rings (SSSR count). The largest absolute Gasteiger partial charge is 0.480 e. The van der Waals surface area contributed by atoms with Crippen LogP contribution in [0.2, 0.25) is 0 Å². The SMILES string of the molecule is C=CCN(CC(=O)O)C(=O)C1Cc2ccccc2O1. The summed E-state index contributed by atoms with van der Waals surface area (Å²) in [5.74, 6) is -0.682. The number of nitrogens with zero attached hydrogens (tertiary/aromatic N) is 1. The lowest BCUT2D eigenvalue weighted by Crippen LogP contribution is -2.43. The van der Waals surface area contributed by atoms with Crippen molar-refractivity contribution in [2.24, 2.45) is 0 Å². The molecule has 0 aromatic heterocycles. The maximum absolute atomic E-state index is 12.2. The van der Waals surface area contributed by atoms with E-state index in [1.54, 1.807) is 6.07 Å². The van der Waals surface area contributed by atoms with Crippen LogP contribution in [0.25, 0.3) is 0 Å². The Bertz CT molecular complexity index is 487. The molecule has 0 saturated heterocycles. The van der Waals surface area contributed by atoms with Crippen molar-refractivity contribution in [2.75, 3.05) is 13.1 Å². The topological polar surface area (TPSA) is 66.8 Å². The van der Waals surface area contributed by atoms with E-state index in [9.17, 15) is 9.59 Å². The third-order valence-corrected chi connectivity index (χ3v) is 2.91. The zero-order valence-corrected chi connectivity index (χ0v) is 10.4. The van der Waals surface area contributed by atoms with Crippen LogP contribution in [0.5, 0.6) is 5.75 Å². The minimum atomic E-state index is -1.05. The average Bonchev–Trinajstić information content (AvgIpc) is 2.80. The van der Waals surface area contributed by atoms with Gasteiger partial charge in [-0.05, 0) is 11.6 Å². The molecule has 1 aliphatic rings. The molecule has 0 fully saturated rings. The molecule has 1 aliphatic heterocycles. The molecule has 5 heteroatoms. The molecule has 1 aromatic carbocycles. The first-order valence-electron chi connectivity index (χ1n) is 5.98. The summed E-state index contributed by atoms with van der Waals surface area (Å²) in [7, 11) is 0. The molecule has 1 heterocycles. The standard InChI is InChI=1S/C14H15NO4/c1-2-7-15(9-13(16)17)14(18)12-8-10-5-3-4-6-11(10)19-12/h2-6,12H,1,7-9H2,(H,16,17). The predicted molar refractivity (Wildman–Crippen MR) is 69.0 cm³/mol. The molecule has 5 nitrogen and oxygen atoms in total. The number of fused-ring (bicyclic) bond motifs is 1. The summed E-state index contributed by atoms with van der Waals surface area (Å²) in [5, 5.41) is 8.81. The predicted octanol–water partition coefficient (Wildman–Crippen LogP) is 1.09. The van der Waals surface area contributed by atoms with E-state index in [1.165, 1.54) is 11.0 Å². The Morgan fingerprint density at radius 2 is 2.21 bits per heavy atom. The second kappa shape index (κ2) is 5.56. The third kappa shape index (κ3) is 2.93. The molecule has 0 aliphatic carbocycles. The first-order valence-corrected chi connectivity index (χ1v) is 5.98. The minimum Gasteiger partial charge on any atom is -0.480 e. The van der Waals surface area contributed by atoms with E-state index in [-0.39, 0.29) is 19.0 Å². The number of benzene rings is 1. The fourth-order valence-electron chi connectivity index (χ4n) is 2.08. The Morgan fingerprint density at radius 1 is 1.47 bits per heavy atom. The quantitative estimate of drug-likeness (QED) is 0.806. The molecule has 0 saturated carbocycles. The summed E-state index contributed by atoms with van der Waals surface area (Å²) in [4.78, 5) is 24.2. The van der Waals surface area contributed by atoms with Gasteiger partial charge in [0.1, 0.15) is 12.3 Å². The highest BCUT2D eigenvalue weighted by Gasteiger charge is 2.32. The normalized spacial score (nSPS) is 16.3. The number of hydrogen-bond acceptors (Lipinski definition) is 3. The first kappa shape index (κ1) is 13.1. The molecule has 100 valence electrons. The lowest BCUT2D eigenvalue weighted by molar-refractivity contribution is -0.146. The van der Waals surface area contributed by atoms with Crippen molar-refractivity contribution in [3.8, 4) is 5.75 Å². The highest BCUT2D eigenvalue weighted by atomic mass is 16.5. The maximum atomic E-state index is 12.2. The summed E-state index contributed by atoms with van der Waals surface area (Å²) >= 11 is 0. The molecule has 1 amide bonds. The van der Waals surface area contributed by atoms with Gasteiger partial charge in [-0.15, -0.1) is 6.58 Å². The average molecular weight is 261 g/mol. The van der Waals surface area contributed by atoms with Crippen LogP contribution in [-0.2, 0) is 16.0 Å². The number of carbonyl (C=O) groups excluding carboxylic acids is 1. The minimum absolute atomic E-state index is 0.196. The molecule has 1 atom stereocenters. The van der Waals surface area contributed by atoms with E-state index in [4.69, 9.17) is 9.84 Å². The zero-order chi connectivity index (χ0) is 13.8. The number of carbonyl (C=O) groups is 2. The number of ether oxygens (including phenoxy) is 1. The van der Waals surface area contributed by atoms with Crippen molar-refractivity contribution >= 4 is 11.9 Å². The third-order valence-electron chi connectivity index (χ3n) is 2.91. The van der Waals surface area contributed by atoms with Gasteiger partial charge >= 0.3 is 5.97 Å². The van der Waals surface area contributed by atoms with Gasteiger partial charge in [0.25, 0.3) is 5.91 Å². The number of carboxylic acid groups (broad SMARTS) is 1. The summed E-state index contributed by atoms with van der Waals surface area (Å²) in [6.45, 7) is 3.38. The Hall–Kier alpha value is -2.30. The first-order chi connectivity index (χ1) is 9.11. The summed E-state index contributed by atoms with van der Waals surface area (Å²) in [6, 6.07) is 7.42. The van der Waals surface area contributed by atoms with Crippen molar-refractivity contribution in [1.29, 1.82) is 0 Å². The highest BCUT2D eigenvalue weighted by molar-refractivity contribution is 5.86. The fourth-order valence-corrected chi connectivity index (χ4v) is 2.08. The molecule has 0 radical (unpaired) electrons. The van der Waals surface area contributed by atoms with Crippen LogP contribution in [-0.4, -0.2) is 41.1 Å². The highest BCUT2D eigenvalue weighted by Crippen LogP contribution is 2.28. The van der Waals surface area contributed by atoms with E-state index in [0.29, 0.717) is 12.2 Å².